The maximum atomic E-state index is 11.2. The van der Waals surface area contributed by atoms with Crippen LogP contribution in [0.2, 0.25) is 0 Å². The van der Waals surface area contributed by atoms with E-state index in [0.29, 0.717) is 5.56 Å². The Labute approximate surface area is 141 Å². The van der Waals surface area contributed by atoms with Gasteiger partial charge in [0.2, 0.25) is 5.60 Å². The lowest BCUT2D eigenvalue weighted by Gasteiger charge is -2.20. The number of aliphatic hydroxyl groups is 1. The molecule has 1 heteroatoms. The lowest BCUT2D eigenvalue weighted by molar-refractivity contribution is 0.163. The molecule has 1 aromatic rings. The third kappa shape index (κ3) is 6.24. The average Bonchev–Trinajstić information content (AvgIpc) is 2.42. The molecule has 0 heterocycles. The summed E-state index contributed by atoms with van der Waals surface area (Å²) in [4.78, 5) is 0. The molecule has 23 heavy (non-hydrogen) atoms. The molecule has 1 aromatic carbocycles. The third-order valence-corrected chi connectivity index (χ3v) is 2.81. The van der Waals surface area contributed by atoms with Crippen LogP contribution in [0.25, 0.3) is 0 Å². The Morgan fingerprint density at radius 2 is 1.26 bits per heavy atom. The molecule has 0 bridgehead atoms. The Hall–Kier alpha value is -2.14. The highest BCUT2D eigenvalue weighted by Gasteiger charge is 2.28. The van der Waals surface area contributed by atoms with Crippen molar-refractivity contribution in [2.24, 2.45) is 10.8 Å². The molecule has 1 rings (SSSR count). The van der Waals surface area contributed by atoms with E-state index in [2.05, 4.69) is 35.5 Å². The standard InChI is InChI=1S/C22H26O/c1-8-11-18-12-9-10-13-19(18)22(23,16-14-20(2,3)4)17-15-21(5,6)7/h9-10,12-13,23H,1-7H3. The van der Waals surface area contributed by atoms with Crippen molar-refractivity contribution >= 4 is 0 Å². The molecule has 0 unspecified atom stereocenters. The minimum Gasteiger partial charge on any atom is -0.363 e. The van der Waals surface area contributed by atoms with E-state index in [0.717, 1.165) is 5.56 Å². The van der Waals surface area contributed by atoms with Crippen LogP contribution in [0, 0.1) is 46.4 Å². The van der Waals surface area contributed by atoms with Crippen molar-refractivity contribution in [3.63, 3.8) is 0 Å². The van der Waals surface area contributed by atoms with Gasteiger partial charge in [-0.1, -0.05) is 36.0 Å². The smallest absolute Gasteiger partial charge is 0.215 e. The second-order valence-corrected chi connectivity index (χ2v) is 7.63. The van der Waals surface area contributed by atoms with Crippen molar-refractivity contribution < 1.29 is 5.11 Å². The second kappa shape index (κ2) is 6.96. The topological polar surface area (TPSA) is 20.2 Å². The molecule has 0 fully saturated rings. The summed E-state index contributed by atoms with van der Waals surface area (Å²) in [5, 5.41) is 11.2. The van der Waals surface area contributed by atoms with E-state index >= 15 is 0 Å². The maximum absolute atomic E-state index is 11.2. The minimum absolute atomic E-state index is 0.219. The van der Waals surface area contributed by atoms with Crippen molar-refractivity contribution in [2.75, 3.05) is 0 Å². The van der Waals surface area contributed by atoms with Crippen molar-refractivity contribution in [2.45, 2.75) is 54.1 Å². The number of benzene rings is 1. The van der Waals surface area contributed by atoms with Gasteiger partial charge in [-0.15, -0.1) is 5.92 Å². The first kappa shape index (κ1) is 18.9. The summed E-state index contributed by atoms with van der Waals surface area (Å²) in [5.41, 5.74) is -0.571. The molecule has 0 spiro atoms. The highest BCUT2D eigenvalue weighted by atomic mass is 16.3. The summed E-state index contributed by atoms with van der Waals surface area (Å²) < 4.78 is 0. The zero-order chi connectivity index (χ0) is 17.7. The van der Waals surface area contributed by atoms with Crippen molar-refractivity contribution in [1.82, 2.24) is 0 Å². The van der Waals surface area contributed by atoms with Crippen LogP contribution in [0.15, 0.2) is 24.3 Å². The van der Waals surface area contributed by atoms with Gasteiger partial charge in [0.15, 0.2) is 0 Å². The van der Waals surface area contributed by atoms with Crippen LogP contribution in [0.5, 0.6) is 0 Å². The van der Waals surface area contributed by atoms with Gasteiger partial charge in [-0.2, -0.15) is 0 Å². The van der Waals surface area contributed by atoms with E-state index in [1.54, 1.807) is 6.92 Å². The Kier molecular flexibility index (Phi) is 5.72. The highest BCUT2D eigenvalue weighted by Crippen LogP contribution is 2.25. The summed E-state index contributed by atoms with van der Waals surface area (Å²) in [6.07, 6.45) is 0. The van der Waals surface area contributed by atoms with Crippen LogP contribution in [0.1, 0.15) is 59.6 Å². The molecule has 0 saturated carbocycles. The zero-order valence-corrected chi connectivity index (χ0v) is 15.3. The Morgan fingerprint density at radius 1 is 0.783 bits per heavy atom. The summed E-state index contributed by atoms with van der Waals surface area (Å²) in [6, 6.07) is 7.50. The van der Waals surface area contributed by atoms with E-state index in [1.807, 2.05) is 65.8 Å². The minimum atomic E-state index is -1.53. The van der Waals surface area contributed by atoms with E-state index < -0.39 is 5.60 Å². The lowest BCUT2D eigenvalue weighted by atomic mass is 9.87. The molecule has 0 aromatic heterocycles. The Balaban J connectivity index is 3.60. The molecule has 0 aliphatic carbocycles. The van der Waals surface area contributed by atoms with Gasteiger partial charge in [-0.25, -0.2) is 0 Å². The summed E-state index contributed by atoms with van der Waals surface area (Å²) >= 11 is 0. The molecule has 0 radical (unpaired) electrons. The molecule has 0 aliphatic rings. The molecule has 0 aliphatic heterocycles. The van der Waals surface area contributed by atoms with E-state index in [1.165, 1.54) is 0 Å². The first-order chi connectivity index (χ1) is 10.5. The van der Waals surface area contributed by atoms with Gasteiger partial charge in [-0.05, 0) is 66.4 Å². The fourth-order valence-corrected chi connectivity index (χ4v) is 1.76. The SMILES string of the molecule is CC#Cc1ccccc1C(O)(C#CC(C)(C)C)C#CC(C)(C)C. The molecular formula is C22H26O. The summed E-state index contributed by atoms with van der Waals surface area (Å²) in [5.74, 6) is 18.1. The van der Waals surface area contributed by atoms with Crippen LogP contribution in [-0.2, 0) is 5.60 Å². The Bertz CT molecular complexity index is 703. The van der Waals surface area contributed by atoms with Crippen molar-refractivity contribution in [1.29, 1.82) is 0 Å². The molecule has 0 saturated heterocycles. The molecular weight excluding hydrogens is 280 g/mol. The second-order valence-electron chi connectivity index (χ2n) is 7.63. The van der Waals surface area contributed by atoms with E-state index in [-0.39, 0.29) is 10.8 Å². The highest BCUT2D eigenvalue weighted by molar-refractivity contribution is 5.52. The lowest BCUT2D eigenvalue weighted by Crippen LogP contribution is -2.24. The molecule has 0 amide bonds. The first-order valence-electron chi connectivity index (χ1n) is 7.80. The number of rotatable bonds is 1. The quantitative estimate of drug-likeness (QED) is 0.765. The largest absolute Gasteiger partial charge is 0.363 e. The fraction of sp³-hybridized carbons (Fsp3) is 0.455. The summed E-state index contributed by atoms with van der Waals surface area (Å²) in [6.45, 7) is 13.8. The van der Waals surface area contributed by atoms with Gasteiger partial charge in [0.05, 0.1) is 0 Å². The third-order valence-electron chi connectivity index (χ3n) is 2.81. The van der Waals surface area contributed by atoms with Gasteiger partial charge >= 0.3 is 0 Å². The zero-order valence-electron chi connectivity index (χ0n) is 15.3. The van der Waals surface area contributed by atoms with Gasteiger partial charge in [0.1, 0.15) is 0 Å². The van der Waals surface area contributed by atoms with E-state index in [9.17, 15) is 5.11 Å². The monoisotopic (exact) mass is 306 g/mol. The predicted octanol–water partition coefficient (Wildman–Crippen LogP) is 4.34. The molecule has 0 atom stereocenters. The average molecular weight is 306 g/mol. The van der Waals surface area contributed by atoms with Gasteiger partial charge in [-0.3, -0.25) is 0 Å². The number of hydrogen-bond acceptors (Lipinski definition) is 1. The molecule has 1 nitrogen and oxygen atoms in total. The first-order valence-corrected chi connectivity index (χ1v) is 7.80. The molecule has 120 valence electrons. The number of hydrogen-bond donors (Lipinski definition) is 1. The summed E-state index contributed by atoms with van der Waals surface area (Å²) in [7, 11) is 0. The van der Waals surface area contributed by atoms with Gasteiger partial charge in [0.25, 0.3) is 0 Å². The van der Waals surface area contributed by atoms with Crippen LogP contribution in [-0.4, -0.2) is 5.11 Å². The van der Waals surface area contributed by atoms with Crippen LogP contribution in [0.3, 0.4) is 0 Å². The molecule has 1 N–H and O–H groups in total. The van der Waals surface area contributed by atoms with Gasteiger partial charge < -0.3 is 5.11 Å². The van der Waals surface area contributed by atoms with E-state index in [4.69, 9.17) is 0 Å². The van der Waals surface area contributed by atoms with Gasteiger partial charge in [0, 0.05) is 22.0 Å². The fourth-order valence-electron chi connectivity index (χ4n) is 1.76. The normalized spacial score (nSPS) is 11.3. The van der Waals surface area contributed by atoms with Crippen LogP contribution < -0.4 is 0 Å². The van der Waals surface area contributed by atoms with Crippen molar-refractivity contribution in [3.05, 3.63) is 35.4 Å². The van der Waals surface area contributed by atoms with Crippen LogP contribution in [0.4, 0.5) is 0 Å². The van der Waals surface area contributed by atoms with Crippen LogP contribution >= 0.6 is 0 Å². The van der Waals surface area contributed by atoms with Crippen molar-refractivity contribution in [3.8, 4) is 35.5 Å². The maximum Gasteiger partial charge on any atom is 0.215 e. The predicted molar refractivity (Wildman–Crippen MR) is 97.4 cm³/mol. The Morgan fingerprint density at radius 3 is 1.70 bits per heavy atom.